The van der Waals surface area contributed by atoms with E-state index in [0.717, 1.165) is 4.52 Å². The van der Waals surface area contributed by atoms with Crippen LogP contribution in [0.1, 0.15) is 11.4 Å². The molecule has 0 aliphatic heterocycles. The van der Waals surface area contributed by atoms with Crippen LogP contribution in [0.15, 0.2) is 30.3 Å². The Balaban J connectivity index is 2.29. The first-order chi connectivity index (χ1) is 12.3. The summed E-state index contributed by atoms with van der Waals surface area (Å²) >= 11 is 6.16. The minimum absolute atomic E-state index is 0.0883. The van der Waals surface area contributed by atoms with Crippen LogP contribution in [0.25, 0.3) is 16.8 Å². The van der Waals surface area contributed by atoms with Crippen LogP contribution in [0.4, 0.5) is 19.0 Å². The topological polar surface area (TPSA) is 51.5 Å². The van der Waals surface area contributed by atoms with Gasteiger partial charge in [-0.3, -0.25) is 0 Å². The molecular formula is C17H16ClF3N4O. The molecule has 0 radical (unpaired) electrons. The lowest BCUT2D eigenvalue weighted by Gasteiger charge is -2.09. The van der Waals surface area contributed by atoms with Crippen LogP contribution in [0.2, 0.25) is 5.02 Å². The van der Waals surface area contributed by atoms with Gasteiger partial charge >= 0.3 is 6.18 Å². The largest absolute Gasteiger partial charge is 0.435 e. The number of rotatable bonds is 5. The number of methoxy groups -OCH3 is 1. The number of halogens is 4. The van der Waals surface area contributed by atoms with Gasteiger partial charge < -0.3 is 10.1 Å². The molecule has 2 aromatic heterocycles. The number of nitrogens with zero attached hydrogens (tertiary/aromatic N) is 3. The first-order valence-electron chi connectivity index (χ1n) is 7.78. The third-order valence-corrected chi connectivity index (χ3v) is 4.07. The van der Waals surface area contributed by atoms with Gasteiger partial charge in [0.1, 0.15) is 5.82 Å². The third-order valence-electron chi connectivity index (χ3n) is 3.74. The molecule has 0 fully saturated rings. The predicted octanol–water partition coefficient (Wildman–Crippen LogP) is 4.44. The van der Waals surface area contributed by atoms with Crippen molar-refractivity contribution < 1.29 is 17.9 Å². The average Bonchev–Trinajstić information content (AvgIpc) is 2.95. The Bertz CT molecular complexity index is 940. The van der Waals surface area contributed by atoms with Gasteiger partial charge in [-0.05, 0) is 13.0 Å². The van der Waals surface area contributed by atoms with Crippen molar-refractivity contribution in [2.45, 2.75) is 13.1 Å². The van der Waals surface area contributed by atoms with Crippen LogP contribution in [0.3, 0.4) is 0 Å². The number of alkyl halides is 3. The van der Waals surface area contributed by atoms with Gasteiger partial charge in [0.2, 0.25) is 0 Å². The summed E-state index contributed by atoms with van der Waals surface area (Å²) < 4.78 is 47.1. The van der Waals surface area contributed by atoms with Crippen LogP contribution < -0.4 is 5.32 Å². The first kappa shape index (κ1) is 18.5. The molecule has 0 amide bonds. The average molecular weight is 385 g/mol. The van der Waals surface area contributed by atoms with E-state index in [1.54, 1.807) is 32.2 Å². The summed E-state index contributed by atoms with van der Waals surface area (Å²) in [6.07, 6.45) is -4.65. The minimum atomic E-state index is -4.65. The summed E-state index contributed by atoms with van der Waals surface area (Å²) in [5.41, 5.74) is -0.290. The van der Waals surface area contributed by atoms with Gasteiger partial charge in [-0.1, -0.05) is 29.8 Å². The monoisotopic (exact) mass is 384 g/mol. The second-order valence-electron chi connectivity index (χ2n) is 5.64. The van der Waals surface area contributed by atoms with Crippen molar-refractivity contribution in [1.82, 2.24) is 14.6 Å². The summed E-state index contributed by atoms with van der Waals surface area (Å²) in [6, 6.07) is 7.97. The third kappa shape index (κ3) is 3.47. The van der Waals surface area contributed by atoms with E-state index >= 15 is 0 Å². The number of ether oxygens (including phenoxy) is 1. The molecule has 0 bridgehead atoms. The molecule has 1 aromatic carbocycles. The molecule has 9 heteroatoms. The van der Waals surface area contributed by atoms with Gasteiger partial charge in [0, 0.05) is 36.0 Å². The van der Waals surface area contributed by atoms with E-state index in [1.165, 1.54) is 12.1 Å². The standard InChI is InChI=1S/C17H16ClF3N4O/c1-10-9-13(22-7-8-26-2)25-16(23-10)14(15(24-25)17(19,20)21)11-5-3-4-6-12(11)18/h3-6,9,22H,7-8H2,1-2H3. The highest BCUT2D eigenvalue weighted by Crippen LogP contribution is 2.41. The Labute approximate surface area is 152 Å². The highest BCUT2D eigenvalue weighted by molar-refractivity contribution is 6.33. The Morgan fingerprint density at radius 2 is 2.00 bits per heavy atom. The minimum Gasteiger partial charge on any atom is -0.383 e. The van der Waals surface area contributed by atoms with Crippen molar-refractivity contribution in [3.63, 3.8) is 0 Å². The normalized spacial score (nSPS) is 11.9. The summed E-state index contributed by atoms with van der Waals surface area (Å²) in [7, 11) is 1.54. The molecule has 0 saturated carbocycles. The Kier molecular flexibility index (Phi) is 5.06. The van der Waals surface area contributed by atoms with Crippen LogP contribution in [0.5, 0.6) is 0 Å². The number of benzene rings is 1. The number of nitrogens with one attached hydrogen (secondary N) is 1. The predicted molar refractivity (Wildman–Crippen MR) is 93.5 cm³/mol. The zero-order valence-corrected chi connectivity index (χ0v) is 14.8. The molecule has 3 rings (SSSR count). The number of hydrogen-bond acceptors (Lipinski definition) is 4. The highest BCUT2D eigenvalue weighted by Gasteiger charge is 2.39. The van der Waals surface area contributed by atoms with Gasteiger partial charge in [-0.25, -0.2) is 4.98 Å². The molecular weight excluding hydrogens is 369 g/mol. The lowest BCUT2D eigenvalue weighted by molar-refractivity contribution is -0.140. The highest BCUT2D eigenvalue weighted by atomic mass is 35.5. The maximum Gasteiger partial charge on any atom is 0.435 e. The Morgan fingerprint density at radius 3 is 2.65 bits per heavy atom. The first-order valence-corrected chi connectivity index (χ1v) is 8.16. The lowest BCUT2D eigenvalue weighted by atomic mass is 10.1. The summed E-state index contributed by atoms with van der Waals surface area (Å²) in [6.45, 7) is 2.52. The van der Waals surface area contributed by atoms with E-state index in [2.05, 4.69) is 15.4 Å². The van der Waals surface area contributed by atoms with Crippen molar-refractivity contribution >= 4 is 23.1 Å². The van der Waals surface area contributed by atoms with E-state index in [9.17, 15) is 13.2 Å². The number of aromatic nitrogens is 3. The molecule has 0 aliphatic rings. The fourth-order valence-corrected chi connectivity index (χ4v) is 2.89. The number of aryl methyl sites for hydroxylation is 1. The molecule has 0 spiro atoms. The maximum absolute atomic E-state index is 13.7. The molecule has 5 nitrogen and oxygen atoms in total. The molecule has 0 aliphatic carbocycles. The smallest absolute Gasteiger partial charge is 0.383 e. The molecule has 3 aromatic rings. The second-order valence-corrected chi connectivity index (χ2v) is 6.05. The molecule has 0 atom stereocenters. The van der Waals surface area contributed by atoms with E-state index in [4.69, 9.17) is 16.3 Å². The molecule has 0 saturated heterocycles. The van der Waals surface area contributed by atoms with Crippen molar-refractivity contribution in [2.24, 2.45) is 0 Å². The summed E-state index contributed by atoms with van der Waals surface area (Å²) in [5, 5.41) is 7.01. The van der Waals surface area contributed by atoms with Crippen molar-refractivity contribution in [2.75, 3.05) is 25.6 Å². The zero-order valence-electron chi connectivity index (χ0n) is 14.1. The Morgan fingerprint density at radius 1 is 1.27 bits per heavy atom. The van der Waals surface area contributed by atoms with Gasteiger partial charge in [-0.15, -0.1) is 0 Å². The molecule has 0 unspecified atom stereocenters. The SMILES string of the molecule is COCCNc1cc(C)nc2c(-c3ccccc3Cl)c(C(F)(F)F)nn12. The van der Waals surface area contributed by atoms with Gasteiger partial charge in [0.25, 0.3) is 0 Å². The number of fused-ring (bicyclic) bond motifs is 1. The van der Waals surface area contributed by atoms with Gasteiger partial charge in [-0.2, -0.15) is 22.8 Å². The lowest BCUT2D eigenvalue weighted by Crippen LogP contribution is -2.12. The van der Waals surface area contributed by atoms with Crippen molar-refractivity contribution in [3.05, 3.63) is 46.7 Å². The number of hydrogen-bond donors (Lipinski definition) is 1. The molecule has 26 heavy (non-hydrogen) atoms. The fraction of sp³-hybridized carbons (Fsp3) is 0.294. The zero-order chi connectivity index (χ0) is 18.9. The van der Waals surface area contributed by atoms with Crippen LogP contribution in [-0.2, 0) is 10.9 Å². The van der Waals surface area contributed by atoms with Crippen LogP contribution >= 0.6 is 11.6 Å². The van der Waals surface area contributed by atoms with Crippen LogP contribution in [0, 0.1) is 6.92 Å². The maximum atomic E-state index is 13.7. The van der Waals surface area contributed by atoms with Crippen LogP contribution in [-0.4, -0.2) is 34.9 Å². The van der Waals surface area contributed by atoms with E-state index in [-0.39, 0.29) is 21.8 Å². The van der Waals surface area contributed by atoms with Gasteiger partial charge in [0.15, 0.2) is 11.3 Å². The Hall–Kier alpha value is -2.32. The second kappa shape index (κ2) is 7.13. The molecule has 2 heterocycles. The van der Waals surface area contributed by atoms with E-state index in [0.29, 0.717) is 24.7 Å². The number of anilines is 1. The van der Waals surface area contributed by atoms with Crippen molar-refractivity contribution in [3.8, 4) is 11.1 Å². The summed E-state index contributed by atoms with van der Waals surface area (Å²) in [4.78, 5) is 4.29. The fourth-order valence-electron chi connectivity index (χ4n) is 2.66. The van der Waals surface area contributed by atoms with Crippen molar-refractivity contribution in [1.29, 1.82) is 0 Å². The molecule has 1 N–H and O–H groups in total. The quantitative estimate of drug-likeness (QED) is 0.661. The van der Waals surface area contributed by atoms with Gasteiger partial charge in [0.05, 0.1) is 12.2 Å². The van der Waals surface area contributed by atoms with E-state index in [1.807, 2.05) is 0 Å². The summed E-state index contributed by atoms with van der Waals surface area (Å²) in [5.74, 6) is 0.397. The molecule has 138 valence electrons. The van der Waals surface area contributed by atoms with E-state index < -0.39 is 11.9 Å².